The summed E-state index contributed by atoms with van der Waals surface area (Å²) in [6.07, 6.45) is 2.53. The summed E-state index contributed by atoms with van der Waals surface area (Å²) in [5, 5.41) is 2.47. The van der Waals surface area contributed by atoms with Gasteiger partial charge in [-0.05, 0) is 30.6 Å². The van der Waals surface area contributed by atoms with E-state index in [0.717, 1.165) is 5.75 Å². The van der Waals surface area contributed by atoms with E-state index in [-0.39, 0.29) is 11.6 Å². The first-order valence-corrected chi connectivity index (χ1v) is 6.34. The average molecular weight is 242 g/mol. The van der Waals surface area contributed by atoms with Crippen molar-refractivity contribution in [3.63, 3.8) is 0 Å². The first-order chi connectivity index (χ1) is 7.65. The van der Waals surface area contributed by atoms with Crippen LogP contribution in [0.2, 0.25) is 0 Å². The number of thioether (sulfide) groups is 1. The van der Waals surface area contributed by atoms with Crippen LogP contribution in [-0.4, -0.2) is 24.0 Å². The van der Waals surface area contributed by atoms with Crippen LogP contribution in [0.3, 0.4) is 0 Å². The molecule has 1 amide bonds. The Bertz CT molecular complexity index is 360. The van der Waals surface area contributed by atoms with Crippen LogP contribution in [0.4, 0.5) is 10.1 Å². The molecule has 0 radical (unpaired) electrons. The van der Waals surface area contributed by atoms with Crippen molar-refractivity contribution in [1.82, 2.24) is 0 Å². The van der Waals surface area contributed by atoms with E-state index in [0.29, 0.717) is 6.42 Å². The Morgan fingerprint density at radius 3 is 2.88 bits per heavy atom. The van der Waals surface area contributed by atoms with Crippen molar-refractivity contribution >= 4 is 23.4 Å². The van der Waals surface area contributed by atoms with Gasteiger partial charge in [0.05, 0.1) is 11.7 Å². The molecule has 0 aromatic heterocycles. The van der Waals surface area contributed by atoms with E-state index in [9.17, 15) is 9.18 Å². The van der Waals surface area contributed by atoms with E-state index in [2.05, 4.69) is 5.32 Å². The molecule has 1 aromatic carbocycles. The molecule has 0 saturated carbocycles. The van der Waals surface area contributed by atoms with E-state index in [1.807, 2.05) is 6.26 Å². The average Bonchev–Trinajstić information content (AvgIpc) is 2.28. The Hall–Kier alpha value is -1.07. The zero-order valence-electron chi connectivity index (χ0n) is 9.07. The summed E-state index contributed by atoms with van der Waals surface area (Å²) in [6, 6.07) is 5.44. The molecular weight excluding hydrogens is 227 g/mol. The number of nitrogens with one attached hydrogen (secondary N) is 1. The second-order valence-corrected chi connectivity index (χ2v) is 4.34. The minimum atomic E-state index is -0.591. The quantitative estimate of drug-likeness (QED) is 0.828. The summed E-state index contributed by atoms with van der Waals surface area (Å²) in [5.74, 6) is 0.0124. The summed E-state index contributed by atoms with van der Waals surface area (Å²) in [7, 11) is 0. The van der Waals surface area contributed by atoms with Gasteiger partial charge < -0.3 is 11.1 Å². The van der Waals surface area contributed by atoms with Crippen LogP contribution in [0.1, 0.15) is 6.42 Å². The van der Waals surface area contributed by atoms with Crippen molar-refractivity contribution in [2.24, 2.45) is 5.73 Å². The van der Waals surface area contributed by atoms with Gasteiger partial charge in [0.1, 0.15) is 5.82 Å². The Labute approximate surface area is 98.6 Å². The van der Waals surface area contributed by atoms with Gasteiger partial charge in [0.25, 0.3) is 0 Å². The van der Waals surface area contributed by atoms with Gasteiger partial charge in [0.2, 0.25) is 5.91 Å². The number of nitrogens with two attached hydrogens (primary N) is 1. The van der Waals surface area contributed by atoms with E-state index < -0.39 is 11.9 Å². The van der Waals surface area contributed by atoms with Gasteiger partial charge in [-0.2, -0.15) is 11.8 Å². The molecule has 1 atom stereocenters. The summed E-state index contributed by atoms with van der Waals surface area (Å²) < 4.78 is 13.2. The Balaban J connectivity index is 2.54. The van der Waals surface area contributed by atoms with Crippen molar-refractivity contribution in [3.8, 4) is 0 Å². The first kappa shape index (κ1) is 13.0. The van der Waals surface area contributed by atoms with Crippen molar-refractivity contribution < 1.29 is 9.18 Å². The molecular formula is C11H15FN2OS. The van der Waals surface area contributed by atoms with Gasteiger partial charge in [0.15, 0.2) is 0 Å². The molecule has 5 heteroatoms. The Morgan fingerprint density at radius 1 is 1.56 bits per heavy atom. The minimum absolute atomic E-state index is 0.173. The molecule has 0 aliphatic heterocycles. The fourth-order valence-electron chi connectivity index (χ4n) is 1.16. The largest absolute Gasteiger partial charge is 0.322 e. The van der Waals surface area contributed by atoms with Gasteiger partial charge in [-0.15, -0.1) is 0 Å². The lowest BCUT2D eigenvalue weighted by atomic mass is 10.2. The maximum Gasteiger partial charge on any atom is 0.241 e. The molecule has 0 aliphatic rings. The number of hydrogen-bond acceptors (Lipinski definition) is 3. The molecule has 0 aliphatic carbocycles. The molecule has 0 heterocycles. The molecule has 0 bridgehead atoms. The molecule has 1 aromatic rings. The molecule has 3 nitrogen and oxygen atoms in total. The number of carbonyl (C=O) groups is 1. The summed E-state index contributed by atoms with van der Waals surface area (Å²) in [6.45, 7) is 0. The lowest BCUT2D eigenvalue weighted by Crippen LogP contribution is -2.36. The number of para-hydroxylation sites is 1. The number of amides is 1. The molecule has 1 rings (SSSR count). The molecule has 0 saturated heterocycles. The smallest absolute Gasteiger partial charge is 0.241 e. The number of rotatable bonds is 5. The third-order valence-electron chi connectivity index (χ3n) is 2.10. The molecule has 88 valence electrons. The zero-order valence-corrected chi connectivity index (χ0v) is 9.89. The second kappa shape index (κ2) is 6.50. The summed E-state index contributed by atoms with van der Waals surface area (Å²) >= 11 is 1.62. The number of benzene rings is 1. The highest BCUT2D eigenvalue weighted by atomic mass is 32.2. The van der Waals surface area contributed by atoms with Gasteiger partial charge in [-0.1, -0.05) is 12.1 Å². The van der Waals surface area contributed by atoms with Gasteiger partial charge in [0, 0.05) is 0 Å². The fourth-order valence-corrected chi connectivity index (χ4v) is 1.65. The summed E-state index contributed by atoms with van der Waals surface area (Å²) in [5.41, 5.74) is 5.83. The van der Waals surface area contributed by atoms with Crippen LogP contribution >= 0.6 is 11.8 Å². The van der Waals surface area contributed by atoms with Crippen LogP contribution in [0, 0.1) is 5.82 Å². The fraction of sp³-hybridized carbons (Fsp3) is 0.364. The number of halogens is 1. The van der Waals surface area contributed by atoms with E-state index >= 15 is 0 Å². The minimum Gasteiger partial charge on any atom is -0.322 e. The summed E-state index contributed by atoms with van der Waals surface area (Å²) in [4.78, 5) is 11.6. The number of hydrogen-bond donors (Lipinski definition) is 2. The SMILES string of the molecule is CSCC[C@H](N)C(=O)Nc1ccccc1F. The van der Waals surface area contributed by atoms with E-state index in [1.54, 1.807) is 23.9 Å². The van der Waals surface area contributed by atoms with Gasteiger partial charge in [-0.25, -0.2) is 4.39 Å². The third-order valence-corrected chi connectivity index (χ3v) is 2.75. The molecule has 0 fully saturated rings. The monoisotopic (exact) mass is 242 g/mol. The molecule has 0 unspecified atom stereocenters. The zero-order chi connectivity index (χ0) is 12.0. The normalized spacial score (nSPS) is 12.2. The second-order valence-electron chi connectivity index (χ2n) is 3.36. The lowest BCUT2D eigenvalue weighted by molar-refractivity contribution is -0.117. The van der Waals surface area contributed by atoms with Gasteiger partial charge >= 0.3 is 0 Å². The third kappa shape index (κ3) is 3.83. The first-order valence-electron chi connectivity index (χ1n) is 4.95. The van der Waals surface area contributed by atoms with Crippen LogP contribution in [0.5, 0.6) is 0 Å². The molecule has 0 spiro atoms. The highest BCUT2D eigenvalue weighted by Crippen LogP contribution is 2.12. The topological polar surface area (TPSA) is 55.1 Å². The van der Waals surface area contributed by atoms with Crippen LogP contribution in [0.15, 0.2) is 24.3 Å². The predicted octanol–water partition coefficient (Wildman–Crippen LogP) is 1.84. The Morgan fingerprint density at radius 2 is 2.25 bits per heavy atom. The number of carbonyl (C=O) groups excluding carboxylic acids is 1. The Kier molecular flexibility index (Phi) is 5.28. The maximum absolute atomic E-state index is 13.2. The highest BCUT2D eigenvalue weighted by Gasteiger charge is 2.14. The number of anilines is 1. The van der Waals surface area contributed by atoms with Crippen LogP contribution in [0.25, 0.3) is 0 Å². The van der Waals surface area contributed by atoms with Gasteiger partial charge in [-0.3, -0.25) is 4.79 Å². The predicted molar refractivity (Wildman–Crippen MR) is 66.0 cm³/mol. The standard InChI is InChI=1S/C11H15FN2OS/c1-16-7-6-9(13)11(15)14-10-5-3-2-4-8(10)12/h2-5,9H,6-7,13H2,1H3,(H,14,15)/t9-/m0/s1. The van der Waals surface area contributed by atoms with Crippen LogP contribution in [-0.2, 0) is 4.79 Å². The van der Waals surface area contributed by atoms with Crippen molar-refractivity contribution in [3.05, 3.63) is 30.1 Å². The highest BCUT2D eigenvalue weighted by molar-refractivity contribution is 7.98. The van der Waals surface area contributed by atoms with E-state index in [4.69, 9.17) is 5.73 Å². The van der Waals surface area contributed by atoms with Crippen LogP contribution < -0.4 is 11.1 Å². The maximum atomic E-state index is 13.2. The van der Waals surface area contributed by atoms with Crippen molar-refractivity contribution in [2.45, 2.75) is 12.5 Å². The molecule has 3 N–H and O–H groups in total. The van der Waals surface area contributed by atoms with Crippen molar-refractivity contribution in [2.75, 3.05) is 17.3 Å². The lowest BCUT2D eigenvalue weighted by Gasteiger charge is -2.11. The van der Waals surface area contributed by atoms with E-state index in [1.165, 1.54) is 12.1 Å². The molecule has 16 heavy (non-hydrogen) atoms. The van der Waals surface area contributed by atoms with Crippen molar-refractivity contribution in [1.29, 1.82) is 0 Å².